The summed E-state index contributed by atoms with van der Waals surface area (Å²) in [6.45, 7) is 4.62. The van der Waals surface area contributed by atoms with E-state index in [0.717, 1.165) is 24.2 Å². The summed E-state index contributed by atoms with van der Waals surface area (Å²) >= 11 is 0. The lowest BCUT2D eigenvalue weighted by molar-refractivity contribution is 0.0457. The Bertz CT molecular complexity index is 346. The third-order valence-electron chi connectivity index (χ3n) is 3.31. The van der Waals surface area contributed by atoms with Gasteiger partial charge in [-0.1, -0.05) is 26.0 Å². The van der Waals surface area contributed by atoms with Gasteiger partial charge < -0.3 is 15.3 Å². The van der Waals surface area contributed by atoms with E-state index in [1.54, 1.807) is 0 Å². The monoisotopic (exact) mass is 236 g/mol. The highest BCUT2D eigenvalue weighted by Crippen LogP contribution is 2.25. The summed E-state index contributed by atoms with van der Waals surface area (Å²) in [5, 5.41) is 13.6. The highest BCUT2D eigenvalue weighted by atomic mass is 16.3. The summed E-state index contributed by atoms with van der Waals surface area (Å²) in [5.41, 5.74) is 1.60. The fraction of sp³-hybridized carbons (Fsp3) is 0.571. The van der Waals surface area contributed by atoms with Gasteiger partial charge in [-0.3, -0.25) is 0 Å². The average molecular weight is 236 g/mol. The van der Waals surface area contributed by atoms with E-state index in [9.17, 15) is 5.11 Å². The van der Waals surface area contributed by atoms with Crippen molar-refractivity contribution in [3.05, 3.63) is 24.3 Å². The zero-order chi connectivity index (χ0) is 12.9. The molecule has 0 aliphatic heterocycles. The lowest BCUT2D eigenvalue weighted by Gasteiger charge is -2.27. The van der Waals surface area contributed by atoms with Crippen molar-refractivity contribution in [2.45, 2.75) is 32.3 Å². The average Bonchev–Trinajstić information content (AvgIpc) is 2.36. The van der Waals surface area contributed by atoms with Gasteiger partial charge in [-0.15, -0.1) is 0 Å². The molecular weight excluding hydrogens is 212 g/mol. The molecule has 0 aliphatic rings. The third-order valence-corrected chi connectivity index (χ3v) is 3.31. The number of nitrogens with one attached hydrogen (secondary N) is 1. The minimum absolute atomic E-state index is 0.588. The Morgan fingerprint density at radius 1 is 1.18 bits per heavy atom. The van der Waals surface area contributed by atoms with E-state index < -0.39 is 5.60 Å². The van der Waals surface area contributed by atoms with Crippen LogP contribution in [0.4, 0.5) is 11.4 Å². The zero-order valence-electron chi connectivity index (χ0n) is 11.3. The Hall–Kier alpha value is -1.22. The molecule has 0 unspecified atom stereocenters. The molecule has 1 rings (SSSR count). The lowest BCUT2D eigenvalue weighted by atomic mass is 9.97. The predicted octanol–water partition coefficient (Wildman–Crippen LogP) is 2.72. The molecule has 0 heterocycles. The SMILES string of the molecule is CCC(O)(CC)CNc1ccccc1N(C)C. The van der Waals surface area contributed by atoms with Crippen molar-refractivity contribution < 1.29 is 5.11 Å². The molecule has 1 aromatic rings. The zero-order valence-corrected chi connectivity index (χ0v) is 11.3. The van der Waals surface area contributed by atoms with Crippen LogP contribution < -0.4 is 10.2 Å². The van der Waals surface area contributed by atoms with Crippen LogP contribution >= 0.6 is 0 Å². The number of para-hydroxylation sites is 2. The number of benzene rings is 1. The molecule has 0 fully saturated rings. The summed E-state index contributed by atoms with van der Waals surface area (Å²) in [4.78, 5) is 2.07. The minimum Gasteiger partial charge on any atom is -0.388 e. The summed E-state index contributed by atoms with van der Waals surface area (Å²) in [7, 11) is 4.04. The molecule has 0 radical (unpaired) electrons. The molecular formula is C14H24N2O. The summed E-state index contributed by atoms with van der Waals surface area (Å²) in [6, 6.07) is 8.14. The second kappa shape index (κ2) is 5.92. The van der Waals surface area contributed by atoms with Gasteiger partial charge in [0.15, 0.2) is 0 Å². The van der Waals surface area contributed by atoms with E-state index in [-0.39, 0.29) is 0 Å². The van der Waals surface area contributed by atoms with Gasteiger partial charge in [0.05, 0.1) is 17.0 Å². The van der Waals surface area contributed by atoms with E-state index in [4.69, 9.17) is 0 Å². The van der Waals surface area contributed by atoms with Crippen LogP contribution in [0.25, 0.3) is 0 Å². The molecule has 0 saturated heterocycles. The standard InChI is InChI=1S/C14H24N2O/c1-5-14(17,6-2)11-15-12-9-7-8-10-13(12)16(3)4/h7-10,15,17H,5-6,11H2,1-4H3. The van der Waals surface area contributed by atoms with E-state index in [0.29, 0.717) is 6.54 Å². The molecule has 0 aromatic heterocycles. The topological polar surface area (TPSA) is 35.5 Å². The molecule has 0 saturated carbocycles. The second-order valence-electron chi connectivity index (χ2n) is 4.70. The Morgan fingerprint density at radius 3 is 2.29 bits per heavy atom. The van der Waals surface area contributed by atoms with Crippen LogP contribution in [-0.4, -0.2) is 31.3 Å². The molecule has 0 bridgehead atoms. The normalized spacial score (nSPS) is 11.4. The quantitative estimate of drug-likeness (QED) is 0.797. The van der Waals surface area contributed by atoms with E-state index in [2.05, 4.69) is 16.3 Å². The number of aliphatic hydroxyl groups is 1. The number of hydrogen-bond acceptors (Lipinski definition) is 3. The van der Waals surface area contributed by atoms with Crippen LogP contribution in [0.15, 0.2) is 24.3 Å². The van der Waals surface area contributed by atoms with Crippen LogP contribution in [0.3, 0.4) is 0 Å². The molecule has 0 atom stereocenters. The number of anilines is 2. The van der Waals surface area contributed by atoms with Gasteiger partial charge in [0.1, 0.15) is 0 Å². The smallest absolute Gasteiger partial charge is 0.0814 e. The predicted molar refractivity (Wildman–Crippen MR) is 74.8 cm³/mol. The highest BCUT2D eigenvalue weighted by Gasteiger charge is 2.21. The fourth-order valence-electron chi connectivity index (χ4n) is 1.77. The number of nitrogens with zero attached hydrogens (tertiary/aromatic N) is 1. The first-order valence-electron chi connectivity index (χ1n) is 6.25. The first kappa shape index (κ1) is 13.8. The van der Waals surface area contributed by atoms with Gasteiger partial charge in [0, 0.05) is 20.6 Å². The molecule has 0 spiro atoms. The van der Waals surface area contributed by atoms with E-state index in [1.807, 2.05) is 46.1 Å². The Kier molecular flexibility index (Phi) is 4.82. The van der Waals surface area contributed by atoms with Crippen LogP contribution in [0, 0.1) is 0 Å². The van der Waals surface area contributed by atoms with E-state index in [1.165, 1.54) is 0 Å². The lowest BCUT2D eigenvalue weighted by Crippen LogP contribution is -2.35. The molecule has 0 amide bonds. The van der Waals surface area contributed by atoms with Gasteiger partial charge in [0.25, 0.3) is 0 Å². The maximum absolute atomic E-state index is 10.2. The first-order valence-corrected chi connectivity index (χ1v) is 6.25. The van der Waals surface area contributed by atoms with Gasteiger partial charge in [-0.25, -0.2) is 0 Å². The molecule has 1 aromatic carbocycles. The van der Waals surface area contributed by atoms with Crippen molar-refractivity contribution in [1.29, 1.82) is 0 Å². The van der Waals surface area contributed by atoms with Crippen molar-refractivity contribution in [2.75, 3.05) is 30.9 Å². The molecule has 17 heavy (non-hydrogen) atoms. The third kappa shape index (κ3) is 3.63. The van der Waals surface area contributed by atoms with Crippen LogP contribution in [0.5, 0.6) is 0 Å². The minimum atomic E-state index is -0.612. The molecule has 96 valence electrons. The van der Waals surface area contributed by atoms with Crippen molar-refractivity contribution in [3.63, 3.8) is 0 Å². The van der Waals surface area contributed by atoms with Gasteiger partial charge in [-0.2, -0.15) is 0 Å². The summed E-state index contributed by atoms with van der Waals surface area (Å²) in [6.07, 6.45) is 1.53. The van der Waals surface area contributed by atoms with Crippen molar-refractivity contribution in [2.24, 2.45) is 0 Å². The van der Waals surface area contributed by atoms with Crippen molar-refractivity contribution in [1.82, 2.24) is 0 Å². The maximum atomic E-state index is 10.2. The largest absolute Gasteiger partial charge is 0.388 e. The molecule has 2 N–H and O–H groups in total. The Labute approximate surface area is 104 Å². The van der Waals surface area contributed by atoms with Gasteiger partial charge in [0.2, 0.25) is 0 Å². The van der Waals surface area contributed by atoms with Crippen LogP contribution in [0.2, 0.25) is 0 Å². The first-order chi connectivity index (χ1) is 8.02. The number of rotatable bonds is 6. The second-order valence-corrected chi connectivity index (χ2v) is 4.70. The van der Waals surface area contributed by atoms with Crippen molar-refractivity contribution >= 4 is 11.4 Å². The Morgan fingerprint density at radius 2 is 1.76 bits per heavy atom. The van der Waals surface area contributed by atoms with Crippen LogP contribution in [-0.2, 0) is 0 Å². The highest BCUT2D eigenvalue weighted by molar-refractivity contribution is 5.69. The maximum Gasteiger partial charge on any atom is 0.0814 e. The molecule has 0 aliphatic carbocycles. The van der Waals surface area contributed by atoms with Crippen LogP contribution in [0.1, 0.15) is 26.7 Å². The van der Waals surface area contributed by atoms with Gasteiger partial charge >= 0.3 is 0 Å². The van der Waals surface area contributed by atoms with Crippen molar-refractivity contribution in [3.8, 4) is 0 Å². The molecule has 3 heteroatoms. The van der Waals surface area contributed by atoms with Gasteiger partial charge in [-0.05, 0) is 25.0 Å². The molecule has 3 nitrogen and oxygen atoms in total. The fourth-order valence-corrected chi connectivity index (χ4v) is 1.77. The summed E-state index contributed by atoms with van der Waals surface area (Å²) in [5.74, 6) is 0. The van der Waals surface area contributed by atoms with E-state index >= 15 is 0 Å². The number of hydrogen-bond donors (Lipinski definition) is 2. The Balaban J connectivity index is 2.75. The summed E-state index contributed by atoms with van der Waals surface area (Å²) < 4.78 is 0.